The van der Waals surface area contributed by atoms with Gasteiger partial charge in [-0.25, -0.2) is 0 Å². The molecule has 96 valence electrons. The fourth-order valence-electron chi connectivity index (χ4n) is 1.04. The Balaban J connectivity index is 2.82. The van der Waals surface area contributed by atoms with Crippen LogP contribution in [0.2, 0.25) is 0 Å². The van der Waals surface area contributed by atoms with Crippen molar-refractivity contribution in [3.8, 4) is 5.75 Å². The minimum absolute atomic E-state index is 0.563. The summed E-state index contributed by atoms with van der Waals surface area (Å²) in [6.45, 7) is 0. The Labute approximate surface area is 91.4 Å². The molecule has 0 aliphatic heterocycles. The largest absolute Gasteiger partial charge is 0.573 e. The second-order valence-electron chi connectivity index (χ2n) is 3.06. The highest BCUT2D eigenvalue weighted by atomic mass is 19.4. The van der Waals surface area contributed by atoms with Gasteiger partial charge in [0, 0.05) is 0 Å². The molecule has 0 fully saturated rings. The molecule has 0 heterocycles. The molecular formula is C9H6F6O2. The Kier molecular flexibility index (Phi) is 3.56. The average molecular weight is 260 g/mol. The van der Waals surface area contributed by atoms with Crippen molar-refractivity contribution in [2.24, 2.45) is 0 Å². The first-order chi connectivity index (χ1) is 7.59. The van der Waals surface area contributed by atoms with Gasteiger partial charge in [-0.3, -0.25) is 0 Å². The molecule has 0 unspecified atom stereocenters. The Morgan fingerprint density at radius 2 is 1.41 bits per heavy atom. The number of alkyl halides is 6. The van der Waals surface area contributed by atoms with Crippen LogP contribution < -0.4 is 4.74 Å². The van der Waals surface area contributed by atoms with Crippen LogP contribution in [0.15, 0.2) is 24.3 Å². The molecular weight excluding hydrogens is 254 g/mol. The van der Waals surface area contributed by atoms with E-state index >= 15 is 0 Å². The average Bonchev–Trinajstić information content (AvgIpc) is 2.14. The van der Waals surface area contributed by atoms with Crippen molar-refractivity contribution >= 4 is 0 Å². The first kappa shape index (κ1) is 13.6. The van der Waals surface area contributed by atoms with E-state index in [1.807, 2.05) is 0 Å². The smallest absolute Gasteiger partial charge is 0.406 e. The van der Waals surface area contributed by atoms with Gasteiger partial charge in [0.15, 0.2) is 6.10 Å². The standard InChI is InChI=1S/C9H6F6O2/c10-8(11,12)7(16)5-1-3-6(4-2-5)17-9(13,14)15/h1-4,7,16H/t7-/m1/s1. The molecule has 0 bridgehead atoms. The summed E-state index contributed by atoms with van der Waals surface area (Å²) in [5, 5.41) is 8.79. The van der Waals surface area contributed by atoms with Crippen molar-refractivity contribution in [2.75, 3.05) is 0 Å². The highest BCUT2D eigenvalue weighted by molar-refractivity contribution is 5.29. The van der Waals surface area contributed by atoms with Crippen molar-refractivity contribution in [3.63, 3.8) is 0 Å². The van der Waals surface area contributed by atoms with E-state index in [-0.39, 0.29) is 0 Å². The van der Waals surface area contributed by atoms with E-state index < -0.39 is 30.0 Å². The third kappa shape index (κ3) is 4.14. The predicted molar refractivity (Wildman–Crippen MR) is 44.1 cm³/mol. The lowest BCUT2D eigenvalue weighted by Crippen LogP contribution is -2.20. The zero-order valence-electron chi connectivity index (χ0n) is 8.01. The number of aliphatic hydroxyl groups excluding tert-OH is 1. The lowest BCUT2D eigenvalue weighted by atomic mass is 10.1. The summed E-state index contributed by atoms with van der Waals surface area (Å²) in [5.74, 6) is -0.657. The molecule has 0 aliphatic rings. The highest BCUT2D eigenvalue weighted by Gasteiger charge is 2.39. The van der Waals surface area contributed by atoms with Crippen LogP contribution >= 0.6 is 0 Å². The molecule has 0 aromatic heterocycles. The second-order valence-corrected chi connectivity index (χ2v) is 3.06. The van der Waals surface area contributed by atoms with Crippen LogP contribution in [0.5, 0.6) is 5.75 Å². The third-order valence-electron chi connectivity index (χ3n) is 1.74. The van der Waals surface area contributed by atoms with Crippen LogP contribution in [0.4, 0.5) is 26.3 Å². The van der Waals surface area contributed by atoms with Gasteiger partial charge in [0.05, 0.1) is 0 Å². The number of benzene rings is 1. The van der Waals surface area contributed by atoms with Gasteiger partial charge in [-0.2, -0.15) is 13.2 Å². The highest BCUT2D eigenvalue weighted by Crippen LogP contribution is 2.33. The number of hydrogen-bond acceptors (Lipinski definition) is 2. The first-order valence-electron chi connectivity index (χ1n) is 4.20. The van der Waals surface area contributed by atoms with E-state index in [0.29, 0.717) is 24.3 Å². The monoisotopic (exact) mass is 260 g/mol. The maximum absolute atomic E-state index is 12.0. The van der Waals surface area contributed by atoms with Crippen LogP contribution in [-0.2, 0) is 0 Å². The van der Waals surface area contributed by atoms with Gasteiger partial charge < -0.3 is 9.84 Å². The van der Waals surface area contributed by atoms with E-state index in [0.717, 1.165) is 0 Å². The molecule has 1 rings (SSSR count). The molecule has 0 spiro atoms. The van der Waals surface area contributed by atoms with E-state index in [1.165, 1.54) is 0 Å². The van der Waals surface area contributed by atoms with Crippen molar-refractivity contribution in [1.82, 2.24) is 0 Å². The topological polar surface area (TPSA) is 29.5 Å². The minimum atomic E-state index is -4.91. The van der Waals surface area contributed by atoms with Crippen LogP contribution in [0.25, 0.3) is 0 Å². The summed E-state index contributed by atoms with van der Waals surface area (Å²) in [4.78, 5) is 0. The number of hydrogen-bond donors (Lipinski definition) is 1. The molecule has 2 nitrogen and oxygen atoms in total. The van der Waals surface area contributed by atoms with Crippen LogP contribution in [0.1, 0.15) is 11.7 Å². The number of rotatable bonds is 2. The van der Waals surface area contributed by atoms with Crippen LogP contribution in [-0.4, -0.2) is 17.6 Å². The molecule has 1 atom stereocenters. The maximum atomic E-state index is 12.0. The van der Waals surface area contributed by atoms with Gasteiger partial charge >= 0.3 is 12.5 Å². The van der Waals surface area contributed by atoms with Crippen molar-refractivity contribution in [1.29, 1.82) is 0 Å². The Morgan fingerprint density at radius 3 is 1.76 bits per heavy atom. The molecule has 0 saturated heterocycles. The lowest BCUT2D eigenvalue weighted by Gasteiger charge is -2.15. The summed E-state index contributed by atoms with van der Waals surface area (Å²) in [5.41, 5.74) is -0.563. The first-order valence-corrected chi connectivity index (χ1v) is 4.20. The molecule has 1 N–H and O–H groups in total. The third-order valence-corrected chi connectivity index (χ3v) is 1.74. The van der Waals surface area contributed by atoms with Gasteiger partial charge in [0.1, 0.15) is 5.75 Å². The lowest BCUT2D eigenvalue weighted by molar-refractivity contribution is -0.274. The maximum Gasteiger partial charge on any atom is 0.573 e. The van der Waals surface area contributed by atoms with Gasteiger partial charge in [0.25, 0.3) is 0 Å². The minimum Gasteiger partial charge on any atom is -0.406 e. The molecule has 0 radical (unpaired) electrons. The van der Waals surface area contributed by atoms with Crippen LogP contribution in [0, 0.1) is 0 Å². The van der Waals surface area contributed by atoms with Crippen molar-refractivity contribution < 1.29 is 36.2 Å². The molecule has 0 saturated carbocycles. The van der Waals surface area contributed by atoms with Crippen molar-refractivity contribution in [3.05, 3.63) is 29.8 Å². The van der Waals surface area contributed by atoms with Gasteiger partial charge in [0.2, 0.25) is 0 Å². The number of aliphatic hydroxyl groups is 1. The quantitative estimate of drug-likeness (QED) is 0.827. The Morgan fingerprint density at radius 1 is 0.941 bits per heavy atom. The van der Waals surface area contributed by atoms with E-state index in [2.05, 4.69) is 4.74 Å². The fourth-order valence-corrected chi connectivity index (χ4v) is 1.04. The number of ether oxygens (including phenoxy) is 1. The Bertz CT molecular complexity index is 367. The molecule has 0 amide bonds. The van der Waals surface area contributed by atoms with E-state index in [9.17, 15) is 26.3 Å². The van der Waals surface area contributed by atoms with E-state index in [4.69, 9.17) is 5.11 Å². The zero-order chi connectivity index (χ0) is 13.3. The summed E-state index contributed by atoms with van der Waals surface area (Å²) in [6, 6.07) is 2.80. The fraction of sp³-hybridized carbons (Fsp3) is 0.333. The zero-order valence-corrected chi connectivity index (χ0v) is 8.01. The predicted octanol–water partition coefficient (Wildman–Crippen LogP) is 3.18. The molecule has 1 aromatic rings. The molecule has 1 aromatic carbocycles. The van der Waals surface area contributed by atoms with E-state index in [1.54, 1.807) is 0 Å². The molecule has 17 heavy (non-hydrogen) atoms. The number of halogens is 6. The summed E-state index contributed by atoms with van der Waals surface area (Å²) in [7, 11) is 0. The van der Waals surface area contributed by atoms with Crippen molar-refractivity contribution in [2.45, 2.75) is 18.6 Å². The molecule has 8 heteroatoms. The molecule has 0 aliphatic carbocycles. The van der Waals surface area contributed by atoms with Gasteiger partial charge in [-0.1, -0.05) is 12.1 Å². The summed E-state index contributed by atoms with van der Waals surface area (Å²) in [6.07, 6.45) is -12.5. The second kappa shape index (κ2) is 4.44. The summed E-state index contributed by atoms with van der Waals surface area (Å²) >= 11 is 0. The Hall–Kier alpha value is -1.44. The normalized spacial score (nSPS) is 14.5. The van der Waals surface area contributed by atoms with Gasteiger partial charge in [-0.15, -0.1) is 13.2 Å². The van der Waals surface area contributed by atoms with Crippen LogP contribution in [0.3, 0.4) is 0 Å². The van der Waals surface area contributed by atoms with Gasteiger partial charge in [-0.05, 0) is 17.7 Å². The SMILES string of the molecule is O[C@H](c1ccc(OC(F)(F)F)cc1)C(F)(F)F. The summed E-state index contributed by atoms with van der Waals surface area (Å²) < 4.78 is 74.8.